The number of carbonyl (C=O) groups excluding carboxylic acids is 2. The molecule has 1 aromatic carbocycles. The van der Waals surface area contributed by atoms with E-state index in [1.54, 1.807) is 36.4 Å². The summed E-state index contributed by atoms with van der Waals surface area (Å²) in [5.41, 5.74) is 0.366. The van der Waals surface area contributed by atoms with E-state index in [1.807, 2.05) is 6.07 Å². The Balaban J connectivity index is 1.93. The molecule has 1 aliphatic heterocycles. The van der Waals surface area contributed by atoms with Crippen molar-refractivity contribution >= 4 is 29.3 Å². The summed E-state index contributed by atoms with van der Waals surface area (Å²) in [5, 5.41) is 12.4. The first-order chi connectivity index (χ1) is 12.7. The van der Waals surface area contributed by atoms with E-state index in [0.717, 1.165) is 11.8 Å². The van der Waals surface area contributed by atoms with E-state index in [-0.39, 0.29) is 23.8 Å². The van der Waals surface area contributed by atoms with Crippen LogP contribution in [0.4, 0.5) is 5.69 Å². The third-order valence-electron chi connectivity index (χ3n) is 3.67. The molecule has 26 heavy (non-hydrogen) atoms. The van der Waals surface area contributed by atoms with Crippen LogP contribution in [0.2, 0.25) is 0 Å². The largest absolute Gasteiger partial charge is 0.495 e. The summed E-state index contributed by atoms with van der Waals surface area (Å²) in [6.07, 6.45) is 1.50. The quantitative estimate of drug-likeness (QED) is 0.642. The average molecular weight is 369 g/mol. The van der Waals surface area contributed by atoms with Crippen LogP contribution in [0.5, 0.6) is 5.75 Å². The molecule has 0 unspecified atom stereocenters. The number of nitriles is 1. The molecule has 0 bridgehead atoms. The van der Waals surface area contributed by atoms with Crippen LogP contribution in [-0.2, 0) is 16.1 Å². The van der Waals surface area contributed by atoms with Crippen molar-refractivity contribution in [2.75, 3.05) is 17.8 Å². The molecule has 1 saturated heterocycles. The molecular formula is C18H15N3O4S. The molecule has 1 N–H and O–H groups in total. The lowest BCUT2D eigenvalue weighted by Gasteiger charge is -2.20. The molecule has 0 aliphatic carbocycles. The maximum absolute atomic E-state index is 12.5. The maximum atomic E-state index is 12.5. The highest BCUT2D eigenvalue weighted by Crippen LogP contribution is 2.40. The lowest BCUT2D eigenvalue weighted by molar-refractivity contribution is -0.117. The van der Waals surface area contributed by atoms with Gasteiger partial charge in [0, 0.05) is 0 Å². The number of hydrogen-bond donors (Lipinski definition) is 1. The van der Waals surface area contributed by atoms with Crippen LogP contribution >= 0.6 is 11.8 Å². The van der Waals surface area contributed by atoms with Crippen molar-refractivity contribution in [3.8, 4) is 11.8 Å². The van der Waals surface area contributed by atoms with Crippen LogP contribution in [0.25, 0.3) is 0 Å². The van der Waals surface area contributed by atoms with Crippen molar-refractivity contribution in [1.82, 2.24) is 5.32 Å². The fourth-order valence-corrected chi connectivity index (χ4v) is 3.48. The summed E-state index contributed by atoms with van der Waals surface area (Å²) in [4.78, 5) is 26.2. The number of nitrogens with one attached hydrogen (secondary N) is 1. The Bertz CT molecular complexity index is 899. The van der Waals surface area contributed by atoms with E-state index in [4.69, 9.17) is 9.15 Å². The van der Waals surface area contributed by atoms with Gasteiger partial charge >= 0.3 is 0 Å². The minimum Gasteiger partial charge on any atom is -0.495 e. The van der Waals surface area contributed by atoms with Gasteiger partial charge in [-0.05, 0) is 24.3 Å². The number of anilines is 1. The lowest BCUT2D eigenvalue weighted by atomic mass is 10.2. The highest BCUT2D eigenvalue weighted by atomic mass is 32.2. The molecule has 2 amide bonds. The zero-order valence-corrected chi connectivity index (χ0v) is 14.7. The van der Waals surface area contributed by atoms with Crippen molar-refractivity contribution in [3.63, 3.8) is 0 Å². The molecule has 2 aromatic rings. The van der Waals surface area contributed by atoms with Gasteiger partial charge in [0.05, 0.1) is 31.4 Å². The van der Waals surface area contributed by atoms with Gasteiger partial charge < -0.3 is 14.5 Å². The second kappa shape index (κ2) is 7.80. The van der Waals surface area contributed by atoms with E-state index >= 15 is 0 Å². The summed E-state index contributed by atoms with van der Waals surface area (Å²) in [6.45, 7) is 0.150. The number of rotatable bonds is 5. The molecule has 2 heterocycles. The standard InChI is InChI=1S/C18H15N3O4S/c1-24-15-7-3-2-6-14(15)21-16(22)11-26-18(21)13(9-19)17(23)20-10-12-5-4-8-25-12/h2-8H,10-11H2,1H3,(H,20,23)/b18-13+. The van der Waals surface area contributed by atoms with Gasteiger partial charge in [-0.1, -0.05) is 23.9 Å². The van der Waals surface area contributed by atoms with Gasteiger partial charge in [0.1, 0.15) is 28.2 Å². The van der Waals surface area contributed by atoms with Crippen molar-refractivity contribution in [1.29, 1.82) is 5.26 Å². The van der Waals surface area contributed by atoms with Gasteiger partial charge in [-0.2, -0.15) is 5.26 Å². The number of methoxy groups -OCH3 is 1. The Morgan fingerprint density at radius 3 is 2.88 bits per heavy atom. The molecule has 3 rings (SSSR count). The normalized spacial score (nSPS) is 15.5. The van der Waals surface area contributed by atoms with E-state index in [1.165, 1.54) is 18.3 Å². The molecular weight excluding hydrogens is 354 g/mol. The van der Waals surface area contributed by atoms with E-state index in [0.29, 0.717) is 22.2 Å². The molecule has 1 fully saturated rings. The predicted molar refractivity (Wildman–Crippen MR) is 96.1 cm³/mol. The van der Waals surface area contributed by atoms with Crippen LogP contribution < -0.4 is 15.0 Å². The van der Waals surface area contributed by atoms with E-state index < -0.39 is 5.91 Å². The maximum Gasteiger partial charge on any atom is 0.265 e. The second-order valence-electron chi connectivity index (χ2n) is 5.24. The highest BCUT2D eigenvalue weighted by molar-refractivity contribution is 8.04. The fraction of sp³-hybridized carbons (Fsp3) is 0.167. The van der Waals surface area contributed by atoms with Gasteiger partial charge in [-0.15, -0.1) is 0 Å². The number of para-hydroxylation sites is 2. The molecule has 0 radical (unpaired) electrons. The van der Waals surface area contributed by atoms with Gasteiger partial charge in [-0.3, -0.25) is 14.5 Å². The topological polar surface area (TPSA) is 95.6 Å². The number of furan rings is 1. The number of nitrogens with zero attached hydrogens (tertiary/aromatic N) is 2. The smallest absolute Gasteiger partial charge is 0.265 e. The molecule has 0 spiro atoms. The number of hydrogen-bond acceptors (Lipinski definition) is 6. The van der Waals surface area contributed by atoms with Crippen LogP contribution in [0.15, 0.2) is 57.7 Å². The van der Waals surface area contributed by atoms with Gasteiger partial charge in [0.15, 0.2) is 0 Å². The third kappa shape index (κ3) is 3.43. The van der Waals surface area contributed by atoms with Crippen molar-refractivity contribution < 1.29 is 18.7 Å². The molecule has 7 nitrogen and oxygen atoms in total. The molecule has 0 atom stereocenters. The van der Waals surface area contributed by atoms with Gasteiger partial charge in [0.2, 0.25) is 5.91 Å². The van der Waals surface area contributed by atoms with Crippen molar-refractivity contribution in [3.05, 3.63) is 59.0 Å². The highest BCUT2D eigenvalue weighted by Gasteiger charge is 2.34. The minimum absolute atomic E-state index is 0.127. The molecule has 132 valence electrons. The van der Waals surface area contributed by atoms with E-state index in [9.17, 15) is 14.9 Å². The first-order valence-electron chi connectivity index (χ1n) is 7.69. The van der Waals surface area contributed by atoms with E-state index in [2.05, 4.69) is 5.32 Å². The van der Waals surface area contributed by atoms with Crippen LogP contribution in [0.1, 0.15) is 5.76 Å². The predicted octanol–water partition coefficient (Wildman–Crippen LogP) is 2.42. The summed E-state index contributed by atoms with van der Waals surface area (Å²) < 4.78 is 10.5. The Hall–Kier alpha value is -3.18. The summed E-state index contributed by atoms with van der Waals surface area (Å²) in [6, 6.07) is 12.3. The van der Waals surface area contributed by atoms with Gasteiger partial charge in [-0.25, -0.2) is 0 Å². The number of ether oxygens (including phenoxy) is 1. The number of thioether (sulfide) groups is 1. The summed E-state index contributed by atoms with van der Waals surface area (Å²) >= 11 is 1.15. The van der Waals surface area contributed by atoms with Crippen molar-refractivity contribution in [2.24, 2.45) is 0 Å². The summed E-state index contributed by atoms with van der Waals surface area (Å²) in [7, 11) is 1.50. The SMILES string of the molecule is COc1ccccc1N1C(=O)CS/C1=C(\C#N)C(=O)NCc1ccco1. The molecule has 1 aliphatic rings. The Morgan fingerprint density at radius 1 is 1.38 bits per heavy atom. The Labute approximate surface area is 154 Å². The number of amides is 2. The third-order valence-corrected chi connectivity index (χ3v) is 4.72. The van der Waals surface area contributed by atoms with Gasteiger partial charge in [0.25, 0.3) is 5.91 Å². The molecule has 8 heteroatoms. The fourth-order valence-electron chi connectivity index (χ4n) is 2.48. The molecule has 1 aromatic heterocycles. The minimum atomic E-state index is -0.569. The lowest BCUT2D eigenvalue weighted by Crippen LogP contribution is -2.29. The first-order valence-corrected chi connectivity index (χ1v) is 8.68. The monoisotopic (exact) mass is 369 g/mol. The number of carbonyl (C=O) groups is 2. The Morgan fingerprint density at radius 2 is 2.19 bits per heavy atom. The second-order valence-corrected chi connectivity index (χ2v) is 6.21. The van der Waals surface area contributed by atoms with Crippen LogP contribution in [0, 0.1) is 11.3 Å². The zero-order valence-electron chi connectivity index (χ0n) is 13.9. The zero-order chi connectivity index (χ0) is 18.5. The van der Waals surface area contributed by atoms with Crippen LogP contribution in [-0.4, -0.2) is 24.7 Å². The first kappa shape index (κ1) is 17.6. The molecule has 0 saturated carbocycles. The van der Waals surface area contributed by atoms with Crippen molar-refractivity contribution in [2.45, 2.75) is 6.54 Å². The number of benzene rings is 1. The van der Waals surface area contributed by atoms with Crippen LogP contribution in [0.3, 0.4) is 0 Å². The summed E-state index contributed by atoms with van der Waals surface area (Å²) in [5.74, 6) is 0.401. The average Bonchev–Trinajstić information content (AvgIpc) is 3.31. The Kier molecular flexibility index (Phi) is 5.29.